The van der Waals surface area contributed by atoms with E-state index in [0.29, 0.717) is 0 Å². The molecule has 0 fully saturated rings. The number of halogens is 4. The Morgan fingerprint density at radius 1 is 0.897 bits per heavy atom. The third kappa shape index (κ3) is 6.32. The number of hydrogen-bond donors (Lipinski definition) is 3. The number of rotatable bonds is 6. The van der Waals surface area contributed by atoms with Crippen LogP contribution in [0.4, 0.5) is 36.7 Å². The molecule has 3 N–H and O–H groups in total. The summed E-state index contributed by atoms with van der Waals surface area (Å²) < 4.78 is 38.6. The molecule has 0 bridgehead atoms. The molecule has 0 atom stereocenters. The lowest BCUT2D eigenvalue weighted by Gasteiger charge is -2.11. The van der Waals surface area contributed by atoms with Crippen LogP contribution in [0.2, 0.25) is 0 Å². The van der Waals surface area contributed by atoms with E-state index >= 15 is 0 Å². The van der Waals surface area contributed by atoms with Crippen molar-refractivity contribution in [2.75, 3.05) is 23.1 Å². The van der Waals surface area contributed by atoms with Gasteiger partial charge in [0.2, 0.25) is 17.8 Å². The number of alkyl halides is 3. The van der Waals surface area contributed by atoms with E-state index in [1.165, 1.54) is 12.1 Å². The summed E-state index contributed by atoms with van der Waals surface area (Å²) in [7, 11) is 1.61. The van der Waals surface area contributed by atoms with Crippen molar-refractivity contribution in [2.24, 2.45) is 5.10 Å². The number of hydrazone groups is 1. The molecular formula is C18H17ClF3N7. The van der Waals surface area contributed by atoms with Gasteiger partial charge in [-0.3, -0.25) is 0 Å². The van der Waals surface area contributed by atoms with Gasteiger partial charge in [-0.1, -0.05) is 36.4 Å². The van der Waals surface area contributed by atoms with Crippen LogP contribution in [0.3, 0.4) is 0 Å². The van der Waals surface area contributed by atoms with E-state index in [2.05, 4.69) is 36.1 Å². The summed E-state index contributed by atoms with van der Waals surface area (Å²) >= 11 is 0. The Morgan fingerprint density at radius 3 is 2.28 bits per heavy atom. The first kappa shape index (κ1) is 21.9. The van der Waals surface area contributed by atoms with Crippen LogP contribution in [0.5, 0.6) is 0 Å². The zero-order chi connectivity index (χ0) is 20.0. The lowest BCUT2D eigenvalue weighted by Crippen LogP contribution is -2.08. The number of nitrogens with zero attached hydrogens (tertiary/aromatic N) is 4. The normalized spacial score (nSPS) is 11.0. The number of hydrogen-bond acceptors (Lipinski definition) is 7. The lowest BCUT2D eigenvalue weighted by atomic mass is 10.2. The number of aromatic nitrogens is 3. The summed E-state index contributed by atoms with van der Waals surface area (Å²) in [5, 5.41) is 9.56. The smallest absolute Gasteiger partial charge is 0.357 e. The Hall–Kier alpha value is -3.40. The van der Waals surface area contributed by atoms with E-state index in [0.717, 1.165) is 17.7 Å². The predicted octanol–water partition coefficient (Wildman–Crippen LogP) is 4.54. The van der Waals surface area contributed by atoms with Gasteiger partial charge in [0, 0.05) is 12.7 Å². The van der Waals surface area contributed by atoms with Crippen LogP contribution in [0.1, 0.15) is 11.1 Å². The van der Waals surface area contributed by atoms with Gasteiger partial charge in [-0.2, -0.15) is 33.2 Å². The van der Waals surface area contributed by atoms with E-state index in [1.54, 1.807) is 13.3 Å². The van der Waals surface area contributed by atoms with Crippen LogP contribution in [0.25, 0.3) is 0 Å². The van der Waals surface area contributed by atoms with Crippen molar-refractivity contribution in [3.05, 3.63) is 65.7 Å². The van der Waals surface area contributed by atoms with Crippen molar-refractivity contribution in [1.82, 2.24) is 15.0 Å². The Morgan fingerprint density at radius 2 is 1.59 bits per heavy atom. The first-order valence-corrected chi connectivity index (χ1v) is 8.16. The van der Waals surface area contributed by atoms with Crippen molar-refractivity contribution in [3.63, 3.8) is 0 Å². The molecule has 0 amide bonds. The minimum atomic E-state index is -4.44. The molecule has 0 saturated carbocycles. The molecule has 3 rings (SSSR count). The third-order valence-corrected chi connectivity index (χ3v) is 3.48. The van der Waals surface area contributed by atoms with Crippen molar-refractivity contribution >= 4 is 42.2 Å². The molecule has 2 aromatic carbocycles. The number of anilines is 4. The highest BCUT2D eigenvalue weighted by Crippen LogP contribution is 2.31. The summed E-state index contributed by atoms with van der Waals surface area (Å²) in [5.41, 5.74) is 2.98. The standard InChI is InChI=1S/C18H16F3N7.ClH/c1-22-15-25-16(24-14-9-5-8-13(10-14)18(19,20)21)27-17(26-15)28-23-11-12-6-3-2-4-7-12;/h2-11H,1H3,(H3,22,24,25,26,27,28);1H. The highest BCUT2D eigenvalue weighted by atomic mass is 35.5. The molecule has 0 aliphatic carbocycles. The van der Waals surface area contributed by atoms with Gasteiger partial charge in [-0.25, -0.2) is 5.43 Å². The quantitative estimate of drug-likeness (QED) is 0.398. The molecular weight excluding hydrogens is 407 g/mol. The van der Waals surface area contributed by atoms with Crippen molar-refractivity contribution in [1.29, 1.82) is 0 Å². The van der Waals surface area contributed by atoms with E-state index in [9.17, 15) is 13.2 Å². The molecule has 0 spiro atoms. The summed E-state index contributed by atoms with van der Waals surface area (Å²) in [4.78, 5) is 12.3. The largest absolute Gasteiger partial charge is 0.416 e. The first-order chi connectivity index (χ1) is 13.4. The van der Waals surface area contributed by atoms with Crippen molar-refractivity contribution < 1.29 is 13.2 Å². The maximum absolute atomic E-state index is 12.9. The molecule has 0 aliphatic heterocycles. The van der Waals surface area contributed by atoms with Crippen LogP contribution < -0.4 is 16.1 Å². The Labute approximate surface area is 170 Å². The van der Waals surface area contributed by atoms with Gasteiger partial charge in [0.05, 0.1) is 11.8 Å². The molecule has 0 unspecified atom stereocenters. The number of nitrogens with one attached hydrogen (secondary N) is 3. The minimum absolute atomic E-state index is 0. The average molecular weight is 424 g/mol. The molecule has 152 valence electrons. The fourth-order valence-corrected chi connectivity index (χ4v) is 2.20. The van der Waals surface area contributed by atoms with E-state index in [1.807, 2.05) is 30.3 Å². The second kappa shape index (κ2) is 9.69. The van der Waals surface area contributed by atoms with Crippen molar-refractivity contribution in [3.8, 4) is 0 Å². The summed E-state index contributed by atoms with van der Waals surface area (Å²) in [6, 6.07) is 14.1. The van der Waals surface area contributed by atoms with Gasteiger partial charge in [0.25, 0.3) is 0 Å². The second-order valence-corrected chi connectivity index (χ2v) is 5.54. The third-order valence-electron chi connectivity index (χ3n) is 3.48. The molecule has 0 saturated heterocycles. The topological polar surface area (TPSA) is 87.1 Å². The molecule has 29 heavy (non-hydrogen) atoms. The van der Waals surface area contributed by atoms with Crippen LogP contribution in [0.15, 0.2) is 59.7 Å². The molecule has 0 radical (unpaired) electrons. The molecule has 11 heteroatoms. The zero-order valence-electron chi connectivity index (χ0n) is 15.1. The highest BCUT2D eigenvalue weighted by Gasteiger charge is 2.30. The monoisotopic (exact) mass is 423 g/mol. The summed E-state index contributed by atoms with van der Waals surface area (Å²) in [6.07, 6.45) is -2.85. The summed E-state index contributed by atoms with van der Waals surface area (Å²) in [5.74, 6) is 0.416. The van der Waals surface area contributed by atoms with Gasteiger partial charge >= 0.3 is 6.18 Å². The lowest BCUT2D eigenvalue weighted by molar-refractivity contribution is -0.137. The van der Waals surface area contributed by atoms with Crippen LogP contribution in [0, 0.1) is 0 Å². The van der Waals surface area contributed by atoms with Crippen molar-refractivity contribution in [2.45, 2.75) is 6.18 Å². The molecule has 1 aromatic heterocycles. The minimum Gasteiger partial charge on any atom is -0.357 e. The van der Waals surface area contributed by atoms with Crippen LogP contribution in [-0.4, -0.2) is 28.2 Å². The van der Waals surface area contributed by atoms with E-state index in [4.69, 9.17) is 0 Å². The predicted molar refractivity (Wildman–Crippen MR) is 109 cm³/mol. The van der Waals surface area contributed by atoms with Gasteiger partial charge in [0.1, 0.15) is 0 Å². The number of benzene rings is 2. The first-order valence-electron chi connectivity index (χ1n) is 8.16. The Kier molecular flexibility index (Phi) is 7.32. The maximum Gasteiger partial charge on any atom is 0.416 e. The average Bonchev–Trinajstić information content (AvgIpc) is 2.68. The Balaban J connectivity index is 0.00000300. The van der Waals surface area contributed by atoms with E-state index in [-0.39, 0.29) is 35.9 Å². The maximum atomic E-state index is 12.9. The molecule has 3 aromatic rings. The molecule has 7 nitrogen and oxygen atoms in total. The fourth-order valence-electron chi connectivity index (χ4n) is 2.20. The fraction of sp³-hybridized carbons (Fsp3) is 0.111. The van der Waals surface area contributed by atoms with Gasteiger partial charge in [-0.15, -0.1) is 12.4 Å². The van der Waals surface area contributed by atoms with E-state index < -0.39 is 11.7 Å². The molecule has 0 aliphatic rings. The zero-order valence-corrected chi connectivity index (χ0v) is 15.9. The highest BCUT2D eigenvalue weighted by molar-refractivity contribution is 5.85. The Bertz CT molecular complexity index is 965. The van der Waals surface area contributed by atoms with Crippen LogP contribution in [-0.2, 0) is 6.18 Å². The van der Waals surface area contributed by atoms with Gasteiger partial charge < -0.3 is 10.6 Å². The SMILES string of the molecule is CNc1nc(NN=Cc2ccccc2)nc(Nc2cccc(C(F)(F)F)c2)n1.Cl. The van der Waals surface area contributed by atoms with Gasteiger partial charge in [0.15, 0.2) is 0 Å². The van der Waals surface area contributed by atoms with Gasteiger partial charge in [-0.05, 0) is 23.8 Å². The second-order valence-electron chi connectivity index (χ2n) is 5.54. The van der Waals surface area contributed by atoms with Crippen LogP contribution >= 0.6 is 12.4 Å². The molecule has 1 heterocycles. The summed E-state index contributed by atoms with van der Waals surface area (Å²) in [6.45, 7) is 0.